The molecule has 0 aliphatic carbocycles. The Hall–Kier alpha value is -1.87. The van der Waals surface area contributed by atoms with Crippen molar-refractivity contribution in [1.29, 1.82) is 0 Å². The van der Waals surface area contributed by atoms with Gasteiger partial charge in [0.15, 0.2) is 0 Å². The van der Waals surface area contributed by atoms with Crippen molar-refractivity contribution in [2.24, 2.45) is 0 Å². The van der Waals surface area contributed by atoms with E-state index >= 15 is 0 Å². The fourth-order valence-electron chi connectivity index (χ4n) is 3.43. The number of fused-ring (bicyclic) bond motifs is 1. The van der Waals surface area contributed by atoms with Crippen LogP contribution in [0, 0.1) is 0 Å². The Morgan fingerprint density at radius 3 is 2.52 bits per heavy atom. The van der Waals surface area contributed by atoms with Gasteiger partial charge in [0.1, 0.15) is 0 Å². The summed E-state index contributed by atoms with van der Waals surface area (Å²) < 4.78 is 25.5. The van der Waals surface area contributed by atoms with Gasteiger partial charge in [0.2, 0.25) is 5.91 Å². The van der Waals surface area contributed by atoms with E-state index in [1.807, 2.05) is 0 Å². The van der Waals surface area contributed by atoms with Gasteiger partial charge in [0, 0.05) is 36.6 Å². The number of likely N-dealkylation sites (tertiary alicyclic amines) is 1. The molecule has 146 valence electrons. The lowest BCUT2D eigenvalue weighted by Gasteiger charge is -2.32. The standard InChI is InChI=1S/C18H20BrF2N3O3/c19-11-1-2-13-14(9-11)18(27)24(17(13)26)8-5-16(25)22-12-3-6-23(7-4-12)10-15(20)21/h1-2,9,12,15H,3-8,10H2,(H,22,25). The third kappa shape index (κ3) is 4.70. The summed E-state index contributed by atoms with van der Waals surface area (Å²) in [6.07, 6.45) is -1.11. The van der Waals surface area contributed by atoms with Crippen LogP contribution in [-0.2, 0) is 4.79 Å². The molecule has 6 nitrogen and oxygen atoms in total. The molecule has 1 aromatic rings. The number of nitrogens with zero attached hydrogens (tertiary/aromatic N) is 2. The number of amides is 3. The number of alkyl halides is 2. The van der Waals surface area contributed by atoms with E-state index in [9.17, 15) is 23.2 Å². The van der Waals surface area contributed by atoms with E-state index in [1.54, 1.807) is 23.1 Å². The first-order valence-electron chi connectivity index (χ1n) is 8.80. The zero-order valence-electron chi connectivity index (χ0n) is 14.6. The van der Waals surface area contributed by atoms with Crippen LogP contribution in [0.3, 0.4) is 0 Å². The number of hydrogen-bond acceptors (Lipinski definition) is 4. The molecule has 2 aliphatic heterocycles. The fourth-order valence-corrected chi connectivity index (χ4v) is 3.80. The van der Waals surface area contributed by atoms with Gasteiger partial charge in [0.25, 0.3) is 18.2 Å². The molecule has 0 spiro atoms. The van der Waals surface area contributed by atoms with Crippen LogP contribution < -0.4 is 5.32 Å². The van der Waals surface area contributed by atoms with Gasteiger partial charge in [0.05, 0.1) is 17.7 Å². The maximum absolute atomic E-state index is 12.4. The molecule has 27 heavy (non-hydrogen) atoms. The summed E-state index contributed by atoms with van der Waals surface area (Å²) in [5, 5.41) is 2.87. The van der Waals surface area contributed by atoms with E-state index < -0.39 is 18.2 Å². The molecule has 3 amide bonds. The molecular formula is C18H20BrF2N3O3. The summed E-state index contributed by atoms with van der Waals surface area (Å²) in [6, 6.07) is 4.82. The zero-order chi connectivity index (χ0) is 19.6. The smallest absolute Gasteiger partial charge is 0.261 e. The Bertz CT molecular complexity index is 751. The molecule has 3 rings (SSSR count). The summed E-state index contributed by atoms with van der Waals surface area (Å²) in [6.45, 7) is 0.807. The Morgan fingerprint density at radius 2 is 1.85 bits per heavy atom. The van der Waals surface area contributed by atoms with Crippen molar-refractivity contribution < 1.29 is 23.2 Å². The molecule has 0 aromatic heterocycles. The van der Waals surface area contributed by atoms with Gasteiger partial charge in [-0.1, -0.05) is 15.9 Å². The molecule has 0 atom stereocenters. The van der Waals surface area contributed by atoms with Gasteiger partial charge >= 0.3 is 0 Å². The van der Waals surface area contributed by atoms with Crippen molar-refractivity contribution in [1.82, 2.24) is 15.1 Å². The summed E-state index contributed by atoms with van der Waals surface area (Å²) in [7, 11) is 0. The lowest BCUT2D eigenvalue weighted by molar-refractivity contribution is -0.122. The highest BCUT2D eigenvalue weighted by atomic mass is 79.9. The van der Waals surface area contributed by atoms with Gasteiger partial charge < -0.3 is 5.32 Å². The third-order valence-electron chi connectivity index (χ3n) is 4.84. The first kappa shape index (κ1) is 19.9. The summed E-state index contributed by atoms with van der Waals surface area (Å²) in [5.41, 5.74) is 0.677. The Kier molecular flexibility index (Phi) is 6.21. The second-order valence-electron chi connectivity index (χ2n) is 6.74. The maximum atomic E-state index is 12.4. The molecule has 2 aliphatic rings. The number of nitrogens with one attached hydrogen (secondary N) is 1. The van der Waals surface area contributed by atoms with Gasteiger partial charge in [-0.25, -0.2) is 8.78 Å². The average Bonchev–Trinajstić information content (AvgIpc) is 2.85. The minimum Gasteiger partial charge on any atom is -0.353 e. The van der Waals surface area contributed by atoms with Crippen molar-refractivity contribution in [2.45, 2.75) is 31.7 Å². The third-order valence-corrected chi connectivity index (χ3v) is 5.34. The Balaban J connectivity index is 1.46. The van der Waals surface area contributed by atoms with Crippen molar-refractivity contribution in [3.8, 4) is 0 Å². The molecule has 0 radical (unpaired) electrons. The predicted octanol–water partition coefficient (Wildman–Crippen LogP) is 2.28. The quantitative estimate of drug-likeness (QED) is 0.684. The molecule has 0 unspecified atom stereocenters. The minimum absolute atomic E-state index is 0.0139. The highest BCUT2D eigenvalue weighted by Gasteiger charge is 2.35. The van der Waals surface area contributed by atoms with E-state index in [4.69, 9.17) is 0 Å². The highest BCUT2D eigenvalue weighted by molar-refractivity contribution is 9.10. The average molecular weight is 444 g/mol. The van der Waals surface area contributed by atoms with E-state index in [0.717, 1.165) is 4.90 Å². The lowest BCUT2D eigenvalue weighted by Crippen LogP contribution is -2.46. The summed E-state index contributed by atoms with van der Waals surface area (Å²) in [5.74, 6) is -1.04. The van der Waals surface area contributed by atoms with Gasteiger partial charge in [-0.15, -0.1) is 0 Å². The minimum atomic E-state index is -2.35. The zero-order valence-corrected chi connectivity index (χ0v) is 16.2. The van der Waals surface area contributed by atoms with Crippen molar-refractivity contribution in [2.75, 3.05) is 26.2 Å². The van der Waals surface area contributed by atoms with Gasteiger partial charge in [-0.05, 0) is 31.0 Å². The first-order chi connectivity index (χ1) is 12.8. The number of piperidine rings is 1. The molecular weight excluding hydrogens is 424 g/mol. The van der Waals surface area contributed by atoms with Crippen LogP contribution in [0.4, 0.5) is 8.78 Å². The van der Waals surface area contributed by atoms with E-state index in [1.165, 1.54) is 0 Å². The van der Waals surface area contributed by atoms with Crippen molar-refractivity contribution in [3.63, 3.8) is 0 Å². The monoisotopic (exact) mass is 443 g/mol. The maximum Gasteiger partial charge on any atom is 0.261 e. The number of carbonyl (C=O) groups is 3. The van der Waals surface area contributed by atoms with E-state index in [2.05, 4.69) is 21.2 Å². The van der Waals surface area contributed by atoms with Crippen molar-refractivity contribution in [3.05, 3.63) is 33.8 Å². The molecule has 1 saturated heterocycles. The molecule has 2 heterocycles. The van der Waals surface area contributed by atoms with Crippen LogP contribution in [0.5, 0.6) is 0 Å². The molecule has 9 heteroatoms. The Labute approximate surface area is 164 Å². The lowest BCUT2D eigenvalue weighted by atomic mass is 10.0. The van der Waals surface area contributed by atoms with Gasteiger partial charge in [-0.2, -0.15) is 0 Å². The van der Waals surface area contributed by atoms with Crippen LogP contribution in [-0.4, -0.2) is 66.2 Å². The molecule has 1 aromatic carbocycles. The van der Waals surface area contributed by atoms with E-state index in [-0.39, 0.29) is 31.5 Å². The van der Waals surface area contributed by atoms with Crippen LogP contribution >= 0.6 is 15.9 Å². The number of carbonyl (C=O) groups excluding carboxylic acids is 3. The van der Waals surface area contributed by atoms with Gasteiger partial charge in [-0.3, -0.25) is 24.2 Å². The highest BCUT2D eigenvalue weighted by Crippen LogP contribution is 2.26. The first-order valence-corrected chi connectivity index (χ1v) is 9.60. The number of halogens is 3. The second kappa shape index (κ2) is 8.43. The van der Waals surface area contributed by atoms with Crippen LogP contribution in [0.1, 0.15) is 40.0 Å². The largest absolute Gasteiger partial charge is 0.353 e. The van der Waals surface area contributed by atoms with E-state index in [0.29, 0.717) is 41.5 Å². The SMILES string of the molecule is O=C(CCN1C(=O)c2ccc(Br)cc2C1=O)NC1CCN(CC(F)F)CC1. The predicted molar refractivity (Wildman–Crippen MR) is 97.7 cm³/mol. The molecule has 0 bridgehead atoms. The normalized spacial score (nSPS) is 18.3. The second-order valence-corrected chi connectivity index (χ2v) is 7.65. The number of imide groups is 1. The number of rotatable bonds is 6. The molecule has 1 N–H and O–H groups in total. The number of benzene rings is 1. The topological polar surface area (TPSA) is 69.7 Å². The van der Waals surface area contributed by atoms with Crippen LogP contribution in [0.25, 0.3) is 0 Å². The fraction of sp³-hybridized carbons (Fsp3) is 0.500. The molecule has 0 saturated carbocycles. The molecule has 1 fully saturated rings. The summed E-state index contributed by atoms with van der Waals surface area (Å²) >= 11 is 3.28. The summed E-state index contributed by atoms with van der Waals surface area (Å²) in [4.78, 5) is 39.6. The Morgan fingerprint density at radius 1 is 1.19 bits per heavy atom. The van der Waals surface area contributed by atoms with Crippen molar-refractivity contribution >= 4 is 33.7 Å². The van der Waals surface area contributed by atoms with Crippen LogP contribution in [0.15, 0.2) is 22.7 Å². The number of hydrogen-bond donors (Lipinski definition) is 1. The van der Waals surface area contributed by atoms with Crippen LogP contribution in [0.2, 0.25) is 0 Å².